The second-order valence-electron chi connectivity index (χ2n) is 9.50. The number of carbonyl (C=O) groups is 2. The normalized spacial score (nSPS) is 15.4. The van der Waals surface area contributed by atoms with Gasteiger partial charge < -0.3 is 38.3 Å². The lowest BCUT2D eigenvalue weighted by molar-refractivity contribution is -0.683. The summed E-state index contributed by atoms with van der Waals surface area (Å²) in [5, 5.41) is 0.663. The Bertz CT molecular complexity index is 1480. The molecule has 0 saturated carbocycles. The molecule has 0 aliphatic carbocycles. The first kappa shape index (κ1) is 28.3. The van der Waals surface area contributed by atoms with Crippen LogP contribution in [0.1, 0.15) is 27.9 Å². The van der Waals surface area contributed by atoms with Crippen molar-refractivity contribution in [2.45, 2.75) is 39.0 Å². The van der Waals surface area contributed by atoms with Gasteiger partial charge in [-0.2, -0.15) is 17.7 Å². The highest BCUT2D eigenvalue weighted by Crippen LogP contribution is 2.39. The Morgan fingerprint density at radius 3 is 2.50 bits per heavy atom. The lowest BCUT2D eigenvalue weighted by Crippen LogP contribution is -3.00. The molecule has 0 atom stereocenters. The van der Waals surface area contributed by atoms with Crippen LogP contribution in [0.3, 0.4) is 0 Å². The van der Waals surface area contributed by atoms with Gasteiger partial charge >= 0.3 is 12.1 Å². The van der Waals surface area contributed by atoms with Gasteiger partial charge in [0, 0.05) is 61.5 Å². The molecular weight excluding hydrogens is 636 g/mol. The van der Waals surface area contributed by atoms with Crippen LogP contribution in [0.15, 0.2) is 41.6 Å². The number of hydrogen-bond acceptors (Lipinski definition) is 4. The molecule has 12 heteroatoms. The van der Waals surface area contributed by atoms with Gasteiger partial charge in [0.25, 0.3) is 0 Å². The second-order valence-corrected chi connectivity index (χ2v) is 9.91. The summed E-state index contributed by atoms with van der Waals surface area (Å²) in [6.45, 7) is 2.79. The number of alkyl halides is 3. The molecule has 4 heterocycles. The number of pyridine rings is 2. The van der Waals surface area contributed by atoms with Gasteiger partial charge in [-0.3, -0.25) is 14.4 Å². The lowest BCUT2D eigenvalue weighted by Gasteiger charge is -2.38. The molecule has 2 aliphatic rings. The Morgan fingerprint density at radius 2 is 1.84 bits per heavy atom. The Labute approximate surface area is 238 Å². The van der Waals surface area contributed by atoms with Crippen molar-refractivity contribution in [2.75, 3.05) is 31.1 Å². The molecule has 38 heavy (non-hydrogen) atoms. The molecule has 0 unspecified atom stereocenters. The predicted octanol–water partition coefficient (Wildman–Crippen LogP) is 0.295. The van der Waals surface area contributed by atoms with Crippen LogP contribution in [0, 0.1) is 6.92 Å². The number of benzene rings is 1. The van der Waals surface area contributed by atoms with Crippen molar-refractivity contribution in [3.8, 4) is 0 Å². The Balaban J connectivity index is 0.00000336. The van der Waals surface area contributed by atoms with E-state index in [0.717, 1.165) is 22.4 Å². The van der Waals surface area contributed by atoms with Crippen LogP contribution in [-0.2, 0) is 24.3 Å². The number of aryl methyl sites for hydroxylation is 3. The zero-order valence-electron chi connectivity index (χ0n) is 20.5. The monoisotopic (exact) mass is 660 g/mol. The van der Waals surface area contributed by atoms with Crippen LogP contribution < -0.4 is 38.9 Å². The van der Waals surface area contributed by atoms with Gasteiger partial charge in [-0.25, -0.2) is 0 Å². The maximum atomic E-state index is 13.5. The maximum absolute atomic E-state index is 13.5. The molecule has 1 amide bonds. The van der Waals surface area contributed by atoms with E-state index in [1.165, 1.54) is 0 Å². The van der Waals surface area contributed by atoms with Crippen molar-refractivity contribution in [1.82, 2.24) is 9.47 Å². The number of nitrogens with zero attached hydrogens (tertiary/aromatic N) is 4. The number of amides is 1. The van der Waals surface area contributed by atoms with Gasteiger partial charge in [-0.05, 0) is 31.9 Å². The summed E-state index contributed by atoms with van der Waals surface area (Å²) in [6, 6.07) is 5.32. The van der Waals surface area contributed by atoms with E-state index in [4.69, 9.17) is 11.6 Å². The zero-order valence-corrected chi connectivity index (χ0v) is 23.4. The lowest BCUT2D eigenvalue weighted by atomic mass is 9.96. The fraction of sp³-hybridized carbons (Fsp3) is 0.385. The Morgan fingerprint density at radius 1 is 1.13 bits per heavy atom. The number of Topliss-reactive ketones (excluding diaryl/α,β-unsaturated/α-hetero) is 1. The summed E-state index contributed by atoms with van der Waals surface area (Å²) in [4.78, 5) is 40.9. The van der Waals surface area contributed by atoms with Gasteiger partial charge in [-0.1, -0.05) is 11.6 Å². The molecule has 0 bridgehead atoms. The SMILES string of the molecule is Cc1ccc[n+](CC(=O)c2cn3c4c(c(N5CCN(C(=O)C(F)(F)F)CC5)c(Cl)cc4c2=O)CCC3)c1.[I-]. The standard InChI is InChI=1S/C26H25ClF3N4O3.HI/c1-16-4-2-6-31(13-16)15-21(35)19-14-34-7-3-5-17-22(34)18(24(19)36)12-20(27)23(17)32-8-10-33(11-9-32)25(37)26(28,29)30;/h2,4,6,12-14H,3,5,7-11,15H2,1H3;1H/q+1;/p-1. The number of halogens is 5. The molecule has 0 spiro atoms. The summed E-state index contributed by atoms with van der Waals surface area (Å²) in [6.07, 6.45) is 1.72. The van der Waals surface area contributed by atoms with E-state index in [-0.39, 0.29) is 73.5 Å². The van der Waals surface area contributed by atoms with Crippen molar-refractivity contribution < 1.29 is 51.3 Å². The van der Waals surface area contributed by atoms with Crippen LogP contribution in [0.2, 0.25) is 5.02 Å². The second kappa shape index (κ2) is 10.8. The number of aromatic nitrogens is 2. The predicted molar refractivity (Wildman–Crippen MR) is 132 cm³/mol. The van der Waals surface area contributed by atoms with Gasteiger partial charge in [-0.15, -0.1) is 0 Å². The van der Waals surface area contributed by atoms with E-state index in [1.807, 2.05) is 34.7 Å². The van der Waals surface area contributed by atoms with E-state index in [1.54, 1.807) is 23.0 Å². The smallest absolute Gasteiger partial charge is 0.471 e. The zero-order chi connectivity index (χ0) is 26.5. The first-order valence-corrected chi connectivity index (χ1v) is 12.4. The minimum absolute atomic E-state index is 0. The average Bonchev–Trinajstić information content (AvgIpc) is 2.85. The molecule has 1 fully saturated rings. The first-order valence-electron chi connectivity index (χ1n) is 12.0. The van der Waals surface area contributed by atoms with E-state index < -0.39 is 12.1 Å². The highest BCUT2D eigenvalue weighted by atomic mass is 127. The number of anilines is 1. The molecule has 7 nitrogen and oxygen atoms in total. The fourth-order valence-electron chi connectivity index (χ4n) is 5.30. The third-order valence-corrected chi connectivity index (χ3v) is 7.26. The van der Waals surface area contributed by atoms with Crippen molar-refractivity contribution in [1.29, 1.82) is 0 Å². The molecule has 5 rings (SSSR count). The van der Waals surface area contributed by atoms with Crippen molar-refractivity contribution >= 4 is 39.9 Å². The summed E-state index contributed by atoms with van der Waals surface area (Å²) < 4.78 is 42.2. The summed E-state index contributed by atoms with van der Waals surface area (Å²) in [7, 11) is 0. The Hall–Kier alpha value is -2.67. The highest BCUT2D eigenvalue weighted by Gasteiger charge is 2.43. The topological polar surface area (TPSA) is 66.5 Å². The highest BCUT2D eigenvalue weighted by molar-refractivity contribution is 6.34. The minimum atomic E-state index is -4.90. The summed E-state index contributed by atoms with van der Waals surface area (Å²) in [5.74, 6) is -2.14. The average molecular weight is 661 g/mol. The van der Waals surface area contributed by atoms with Gasteiger partial charge in [0.1, 0.15) is 0 Å². The number of piperazine rings is 1. The molecule has 0 N–H and O–H groups in total. The molecule has 202 valence electrons. The third kappa shape index (κ3) is 5.27. The number of ketones is 1. The Kier molecular flexibility index (Phi) is 8.08. The molecule has 1 saturated heterocycles. The summed E-state index contributed by atoms with van der Waals surface area (Å²) >= 11 is 6.68. The number of rotatable bonds is 4. The van der Waals surface area contributed by atoms with Gasteiger partial charge in [0.15, 0.2) is 12.4 Å². The van der Waals surface area contributed by atoms with Crippen molar-refractivity contribution in [3.05, 3.63) is 68.7 Å². The van der Waals surface area contributed by atoms with Crippen LogP contribution in [0.4, 0.5) is 18.9 Å². The molecule has 2 aliphatic heterocycles. The number of hydrogen-bond donors (Lipinski definition) is 0. The van der Waals surface area contributed by atoms with Crippen LogP contribution in [-0.4, -0.2) is 53.5 Å². The molecular formula is C26H25ClF3IN4O3. The van der Waals surface area contributed by atoms with E-state index in [2.05, 4.69) is 0 Å². The van der Waals surface area contributed by atoms with E-state index in [0.29, 0.717) is 34.6 Å². The summed E-state index contributed by atoms with van der Waals surface area (Å²) in [5.41, 5.74) is 2.92. The van der Waals surface area contributed by atoms with Crippen molar-refractivity contribution in [2.24, 2.45) is 0 Å². The largest absolute Gasteiger partial charge is 1.00 e. The molecule has 2 aromatic heterocycles. The van der Waals surface area contributed by atoms with Gasteiger partial charge in [0.05, 0.1) is 21.8 Å². The van der Waals surface area contributed by atoms with Crippen LogP contribution >= 0.6 is 11.6 Å². The van der Waals surface area contributed by atoms with Gasteiger partial charge in [0.2, 0.25) is 17.8 Å². The van der Waals surface area contributed by atoms with Crippen molar-refractivity contribution in [3.63, 3.8) is 0 Å². The minimum Gasteiger partial charge on any atom is -1.00 e. The van der Waals surface area contributed by atoms with E-state index >= 15 is 0 Å². The molecule has 3 aromatic rings. The quantitative estimate of drug-likeness (QED) is 0.230. The maximum Gasteiger partial charge on any atom is 0.471 e. The first-order chi connectivity index (χ1) is 17.5. The van der Waals surface area contributed by atoms with Crippen LogP contribution in [0.25, 0.3) is 10.9 Å². The molecule has 1 aromatic carbocycles. The van der Waals surface area contributed by atoms with Crippen LogP contribution in [0.5, 0.6) is 0 Å². The third-order valence-electron chi connectivity index (χ3n) is 6.97. The number of carbonyl (C=O) groups excluding carboxylic acids is 2. The van der Waals surface area contributed by atoms with E-state index in [9.17, 15) is 27.6 Å². The molecule has 0 radical (unpaired) electrons. The fourth-order valence-corrected chi connectivity index (χ4v) is 5.64.